The fraction of sp³-hybridized carbons (Fsp3) is 0.556. The van der Waals surface area contributed by atoms with E-state index in [1.54, 1.807) is 0 Å². The van der Waals surface area contributed by atoms with Gasteiger partial charge in [-0.05, 0) is 43.5 Å². The zero-order valence-electron chi connectivity index (χ0n) is 15.0. The Bertz CT molecular complexity index is 812. The number of sulfone groups is 1. The molecular formula is C18H24N2O3S2. The molecule has 25 heavy (non-hydrogen) atoms. The summed E-state index contributed by atoms with van der Waals surface area (Å²) in [5, 5.41) is 0.578. The molecular weight excluding hydrogens is 356 g/mol. The number of carbonyl (C=O) groups is 1. The van der Waals surface area contributed by atoms with Crippen molar-refractivity contribution in [3.8, 4) is 0 Å². The van der Waals surface area contributed by atoms with Crippen LogP contribution in [0.5, 0.6) is 0 Å². The van der Waals surface area contributed by atoms with Crippen LogP contribution in [0.15, 0.2) is 23.2 Å². The van der Waals surface area contributed by atoms with Crippen molar-refractivity contribution in [3.63, 3.8) is 0 Å². The molecule has 2 saturated heterocycles. The van der Waals surface area contributed by atoms with Gasteiger partial charge in [0, 0.05) is 16.9 Å². The van der Waals surface area contributed by atoms with Crippen molar-refractivity contribution in [2.24, 2.45) is 10.9 Å². The van der Waals surface area contributed by atoms with E-state index in [4.69, 9.17) is 0 Å². The summed E-state index contributed by atoms with van der Waals surface area (Å²) in [4.78, 5) is 18.7. The van der Waals surface area contributed by atoms with Crippen LogP contribution in [0.1, 0.15) is 31.4 Å². The summed E-state index contributed by atoms with van der Waals surface area (Å²) >= 11 is 1.43. The van der Waals surface area contributed by atoms with Gasteiger partial charge in [-0.25, -0.2) is 8.42 Å². The summed E-state index contributed by atoms with van der Waals surface area (Å²) in [5.74, 6) is 0.00884. The maximum absolute atomic E-state index is 12.3. The van der Waals surface area contributed by atoms with Crippen LogP contribution in [-0.2, 0) is 14.6 Å². The number of benzene rings is 1. The van der Waals surface area contributed by atoms with E-state index in [1.165, 1.54) is 11.8 Å². The minimum Gasteiger partial charge on any atom is -0.316 e. The molecule has 0 bridgehead atoms. The van der Waals surface area contributed by atoms with Crippen molar-refractivity contribution in [3.05, 3.63) is 29.3 Å². The van der Waals surface area contributed by atoms with Crippen molar-refractivity contribution in [2.75, 3.05) is 16.4 Å². The normalized spacial score (nSPS) is 27.5. The first-order valence-corrected chi connectivity index (χ1v) is 11.3. The summed E-state index contributed by atoms with van der Waals surface area (Å²) in [5.41, 5.74) is 3.14. The minimum absolute atomic E-state index is 0.0608. The highest BCUT2D eigenvalue weighted by molar-refractivity contribution is 8.16. The first-order chi connectivity index (χ1) is 11.7. The van der Waals surface area contributed by atoms with Gasteiger partial charge in [-0.2, -0.15) is 4.99 Å². The maximum Gasteiger partial charge on any atom is 0.250 e. The summed E-state index contributed by atoms with van der Waals surface area (Å²) in [6.45, 7) is 7.87. The summed E-state index contributed by atoms with van der Waals surface area (Å²) < 4.78 is 24.2. The highest BCUT2D eigenvalue weighted by atomic mass is 32.2. The Labute approximate surface area is 153 Å². The van der Waals surface area contributed by atoms with Crippen LogP contribution in [0.2, 0.25) is 0 Å². The highest BCUT2D eigenvalue weighted by Gasteiger charge is 2.49. The molecule has 0 unspecified atom stereocenters. The van der Waals surface area contributed by atoms with E-state index in [9.17, 15) is 13.2 Å². The van der Waals surface area contributed by atoms with Crippen LogP contribution in [0, 0.1) is 19.8 Å². The highest BCUT2D eigenvalue weighted by Crippen LogP contribution is 2.41. The van der Waals surface area contributed by atoms with Crippen LogP contribution >= 0.6 is 11.8 Å². The van der Waals surface area contributed by atoms with Crippen molar-refractivity contribution < 1.29 is 13.2 Å². The number of amidine groups is 1. The molecule has 1 aromatic rings. The van der Waals surface area contributed by atoms with Gasteiger partial charge in [0.25, 0.3) is 5.91 Å². The molecule has 0 radical (unpaired) electrons. The molecule has 5 nitrogen and oxygen atoms in total. The second-order valence-corrected chi connectivity index (χ2v) is 10.4. The predicted molar refractivity (Wildman–Crippen MR) is 104 cm³/mol. The summed E-state index contributed by atoms with van der Waals surface area (Å²) in [7, 11) is -3.04. The van der Waals surface area contributed by atoms with Crippen LogP contribution in [0.4, 0.5) is 5.69 Å². The van der Waals surface area contributed by atoms with Crippen molar-refractivity contribution in [2.45, 2.75) is 45.4 Å². The molecule has 2 fully saturated rings. The number of carbonyl (C=O) groups excluding carboxylic acids is 1. The van der Waals surface area contributed by atoms with Gasteiger partial charge >= 0.3 is 0 Å². The number of fused-ring (bicyclic) bond motifs is 1. The Morgan fingerprint density at radius 1 is 1.28 bits per heavy atom. The standard InChI is InChI=1S/C18H24N2O3S2/c1-5-13(4)17(21)19-18-20(14-7-11(2)6-12(3)8-14)15-9-25(22,23)10-16(15)24-18/h6-8,13,15-16H,5,9-10H2,1-4H3/t13-,15+,16-/m0/s1. The number of aryl methyl sites for hydroxylation is 2. The van der Waals surface area contributed by atoms with Crippen LogP contribution < -0.4 is 4.90 Å². The first-order valence-electron chi connectivity index (χ1n) is 8.57. The van der Waals surface area contributed by atoms with E-state index in [1.807, 2.05) is 44.7 Å². The van der Waals surface area contributed by atoms with Gasteiger partial charge in [0.15, 0.2) is 15.0 Å². The van der Waals surface area contributed by atoms with Gasteiger partial charge in [-0.15, -0.1) is 0 Å². The van der Waals surface area contributed by atoms with E-state index in [2.05, 4.69) is 11.1 Å². The second-order valence-electron chi connectivity index (χ2n) is 7.06. The average molecular weight is 381 g/mol. The summed E-state index contributed by atoms with van der Waals surface area (Å²) in [6.07, 6.45) is 0.741. The van der Waals surface area contributed by atoms with Gasteiger partial charge in [0.05, 0.1) is 17.5 Å². The number of amides is 1. The Morgan fingerprint density at radius 3 is 2.52 bits per heavy atom. The fourth-order valence-corrected chi connectivity index (χ4v) is 7.25. The molecule has 136 valence electrons. The van der Waals surface area contributed by atoms with Crippen molar-refractivity contribution in [1.29, 1.82) is 0 Å². The molecule has 0 aromatic heterocycles. The molecule has 0 spiro atoms. The van der Waals surface area contributed by atoms with Crippen LogP contribution in [0.3, 0.4) is 0 Å². The lowest BCUT2D eigenvalue weighted by atomic mass is 10.1. The molecule has 3 rings (SSSR count). The third-order valence-electron chi connectivity index (χ3n) is 4.79. The zero-order chi connectivity index (χ0) is 18.4. The zero-order valence-corrected chi connectivity index (χ0v) is 16.7. The lowest BCUT2D eigenvalue weighted by Crippen LogP contribution is -2.38. The maximum atomic E-state index is 12.3. The lowest BCUT2D eigenvalue weighted by molar-refractivity contribution is -0.121. The molecule has 0 saturated carbocycles. The Kier molecular flexibility index (Phi) is 4.99. The Balaban J connectivity index is 2.03. The molecule has 0 N–H and O–H groups in total. The van der Waals surface area contributed by atoms with E-state index in [0.29, 0.717) is 5.17 Å². The van der Waals surface area contributed by atoms with Gasteiger partial charge in [0.2, 0.25) is 0 Å². The van der Waals surface area contributed by atoms with Crippen LogP contribution in [-0.4, -0.2) is 42.3 Å². The van der Waals surface area contributed by atoms with Gasteiger partial charge < -0.3 is 4.90 Å². The quantitative estimate of drug-likeness (QED) is 0.806. The Hall–Kier alpha value is -1.34. The number of aliphatic imine (C=N–C) groups is 1. The fourth-order valence-electron chi connectivity index (χ4n) is 3.34. The van der Waals surface area contributed by atoms with Crippen molar-refractivity contribution >= 4 is 38.4 Å². The van der Waals surface area contributed by atoms with Crippen LogP contribution in [0.25, 0.3) is 0 Å². The monoisotopic (exact) mass is 380 g/mol. The first kappa shape index (κ1) is 18.5. The van der Waals surface area contributed by atoms with E-state index < -0.39 is 9.84 Å². The third-order valence-corrected chi connectivity index (χ3v) is 8.00. The molecule has 2 aliphatic heterocycles. The number of hydrogen-bond donors (Lipinski definition) is 0. The number of nitrogens with zero attached hydrogens (tertiary/aromatic N) is 2. The predicted octanol–water partition coefficient (Wildman–Crippen LogP) is 2.95. The molecule has 0 aliphatic carbocycles. The topological polar surface area (TPSA) is 66.8 Å². The van der Waals surface area contributed by atoms with E-state index in [-0.39, 0.29) is 34.6 Å². The lowest BCUT2D eigenvalue weighted by Gasteiger charge is -2.25. The van der Waals surface area contributed by atoms with Crippen molar-refractivity contribution in [1.82, 2.24) is 0 Å². The van der Waals surface area contributed by atoms with Gasteiger partial charge in [-0.1, -0.05) is 31.7 Å². The Morgan fingerprint density at radius 2 is 1.92 bits per heavy atom. The van der Waals surface area contributed by atoms with Gasteiger partial charge in [0.1, 0.15) is 0 Å². The molecule has 2 aliphatic rings. The van der Waals surface area contributed by atoms with E-state index >= 15 is 0 Å². The summed E-state index contributed by atoms with van der Waals surface area (Å²) in [6, 6.07) is 5.99. The smallest absolute Gasteiger partial charge is 0.250 e. The SMILES string of the molecule is CC[C@H](C)C(=O)N=C1S[C@H]2CS(=O)(=O)C[C@H]2N1c1cc(C)cc(C)c1. The second kappa shape index (κ2) is 6.76. The molecule has 1 aromatic carbocycles. The molecule has 2 heterocycles. The third kappa shape index (κ3) is 3.77. The number of anilines is 1. The van der Waals surface area contributed by atoms with E-state index in [0.717, 1.165) is 23.2 Å². The molecule has 1 amide bonds. The number of rotatable bonds is 3. The average Bonchev–Trinajstić information content (AvgIpc) is 2.95. The number of thioether (sulfide) groups is 1. The number of hydrogen-bond acceptors (Lipinski definition) is 4. The molecule has 3 atom stereocenters. The van der Waals surface area contributed by atoms with Gasteiger partial charge in [-0.3, -0.25) is 4.79 Å². The molecule has 7 heteroatoms. The largest absolute Gasteiger partial charge is 0.316 e. The minimum atomic E-state index is -3.04.